The van der Waals surface area contributed by atoms with Crippen molar-refractivity contribution in [2.75, 3.05) is 6.54 Å². The van der Waals surface area contributed by atoms with E-state index in [0.29, 0.717) is 18.2 Å². The maximum Gasteiger partial charge on any atom is 0.233 e. The molecule has 1 aromatic rings. The van der Waals surface area contributed by atoms with Gasteiger partial charge in [-0.1, -0.05) is 18.7 Å². The van der Waals surface area contributed by atoms with Crippen molar-refractivity contribution in [3.8, 4) is 0 Å². The molecule has 2 atom stereocenters. The molecule has 0 fully saturated rings. The highest BCUT2D eigenvalue weighted by Gasteiger charge is 2.19. The zero-order valence-corrected chi connectivity index (χ0v) is 11.8. The summed E-state index contributed by atoms with van der Waals surface area (Å²) >= 11 is 1.34. The van der Waals surface area contributed by atoms with Gasteiger partial charge in [0.1, 0.15) is 0 Å². The predicted octanol–water partition coefficient (Wildman–Crippen LogP) is 0.0271. The smallest absolute Gasteiger partial charge is 0.233 e. The molecule has 1 amide bonds. The second kappa shape index (κ2) is 7.32. The second-order valence-electron chi connectivity index (χ2n) is 4.05. The number of rotatable bonds is 7. The summed E-state index contributed by atoms with van der Waals surface area (Å²) in [7, 11) is 0. The first-order valence-electron chi connectivity index (χ1n) is 6.01. The van der Waals surface area contributed by atoms with Gasteiger partial charge in [-0.15, -0.1) is 5.10 Å². The van der Waals surface area contributed by atoms with Gasteiger partial charge in [-0.2, -0.15) is 0 Å². The number of hydrogen-bond donors (Lipinski definition) is 2. The van der Waals surface area contributed by atoms with Crippen molar-refractivity contribution in [3.63, 3.8) is 0 Å². The van der Waals surface area contributed by atoms with Gasteiger partial charge in [-0.3, -0.25) is 4.79 Å². The van der Waals surface area contributed by atoms with E-state index in [1.807, 2.05) is 20.8 Å². The highest BCUT2D eigenvalue weighted by Crippen LogP contribution is 2.20. The number of nitrogens with zero attached hydrogens (tertiary/aromatic N) is 4. The summed E-state index contributed by atoms with van der Waals surface area (Å²) in [6, 6.07) is 0.181. The zero-order valence-electron chi connectivity index (χ0n) is 11.0. The molecule has 0 spiro atoms. The highest BCUT2D eigenvalue weighted by molar-refractivity contribution is 8.00. The summed E-state index contributed by atoms with van der Waals surface area (Å²) in [5.74, 6) is -0.00310. The van der Waals surface area contributed by atoms with Crippen LogP contribution < -0.4 is 11.1 Å². The van der Waals surface area contributed by atoms with Gasteiger partial charge in [0.05, 0.1) is 11.8 Å². The van der Waals surface area contributed by atoms with Crippen molar-refractivity contribution in [2.24, 2.45) is 5.73 Å². The Balaban J connectivity index is 2.55. The van der Waals surface area contributed by atoms with Crippen LogP contribution in [-0.4, -0.2) is 44.0 Å². The molecule has 3 N–H and O–H groups in total. The number of aromatic nitrogens is 4. The Hall–Kier alpha value is -1.15. The summed E-state index contributed by atoms with van der Waals surface area (Å²) in [6.07, 6.45) is 0.911. The van der Waals surface area contributed by atoms with Crippen molar-refractivity contribution in [1.29, 1.82) is 0 Å². The summed E-state index contributed by atoms with van der Waals surface area (Å²) < 4.78 is 1.61. The Morgan fingerprint density at radius 3 is 2.89 bits per heavy atom. The predicted molar refractivity (Wildman–Crippen MR) is 70.1 cm³/mol. The SMILES string of the molecule is CCC(C)NC(=O)C(C)Sc1nnnn1CCN. The zero-order chi connectivity index (χ0) is 13.5. The van der Waals surface area contributed by atoms with E-state index in [4.69, 9.17) is 5.73 Å². The van der Waals surface area contributed by atoms with Crippen molar-refractivity contribution in [3.05, 3.63) is 0 Å². The third-order valence-corrected chi connectivity index (χ3v) is 3.56. The van der Waals surface area contributed by atoms with Crippen molar-refractivity contribution in [2.45, 2.75) is 50.2 Å². The Kier molecular flexibility index (Phi) is 6.06. The molecule has 0 radical (unpaired) electrons. The molecular weight excluding hydrogens is 252 g/mol. The van der Waals surface area contributed by atoms with Crippen LogP contribution in [0.2, 0.25) is 0 Å². The monoisotopic (exact) mass is 272 g/mol. The van der Waals surface area contributed by atoms with Gasteiger partial charge >= 0.3 is 0 Å². The van der Waals surface area contributed by atoms with E-state index in [1.165, 1.54) is 11.8 Å². The van der Waals surface area contributed by atoms with Gasteiger partial charge in [0.15, 0.2) is 0 Å². The van der Waals surface area contributed by atoms with Crippen LogP contribution in [0.4, 0.5) is 0 Å². The van der Waals surface area contributed by atoms with E-state index in [-0.39, 0.29) is 17.2 Å². The first-order valence-corrected chi connectivity index (χ1v) is 6.89. The molecule has 102 valence electrons. The van der Waals surface area contributed by atoms with E-state index in [0.717, 1.165) is 6.42 Å². The van der Waals surface area contributed by atoms with Crippen molar-refractivity contribution >= 4 is 17.7 Å². The number of nitrogens with two attached hydrogens (primary N) is 1. The maximum atomic E-state index is 11.9. The van der Waals surface area contributed by atoms with E-state index in [1.54, 1.807) is 4.68 Å². The minimum atomic E-state index is -0.235. The fourth-order valence-electron chi connectivity index (χ4n) is 1.22. The number of carbonyl (C=O) groups excluding carboxylic acids is 1. The first-order chi connectivity index (χ1) is 8.58. The molecule has 8 heteroatoms. The third kappa shape index (κ3) is 4.26. The van der Waals surface area contributed by atoms with Crippen LogP contribution in [0.5, 0.6) is 0 Å². The van der Waals surface area contributed by atoms with Crippen LogP contribution in [0.15, 0.2) is 5.16 Å². The van der Waals surface area contributed by atoms with E-state index in [9.17, 15) is 4.79 Å². The molecule has 0 aliphatic rings. The topological polar surface area (TPSA) is 98.7 Å². The fourth-order valence-corrected chi connectivity index (χ4v) is 2.04. The lowest BCUT2D eigenvalue weighted by Gasteiger charge is -2.15. The second-order valence-corrected chi connectivity index (χ2v) is 5.36. The van der Waals surface area contributed by atoms with E-state index in [2.05, 4.69) is 20.8 Å². The van der Waals surface area contributed by atoms with Crippen LogP contribution in [0, 0.1) is 0 Å². The first kappa shape index (κ1) is 14.9. The molecule has 0 aliphatic carbocycles. The number of thioether (sulfide) groups is 1. The van der Waals surface area contributed by atoms with Crippen LogP contribution in [-0.2, 0) is 11.3 Å². The molecule has 0 aromatic carbocycles. The van der Waals surface area contributed by atoms with Crippen LogP contribution in [0.25, 0.3) is 0 Å². The van der Waals surface area contributed by atoms with Crippen LogP contribution >= 0.6 is 11.8 Å². The number of amides is 1. The van der Waals surface area contributed by atoms with Gasteiger partial charge in [-0.05, 0) is 30.7 Å². The maximum absolute atomic E-state index is 11.9. The van der Waals surface area contributed by atoms with Gasteiger partial charge in [0.25, 0.3) is 0 Å². The largest absolute Gasteiger partial charge is 0.353 e. The third-order valence-electron chi connectivity index (χ3n) is 2.49. The lowest BCUT2D eigenvalue weighted by atomic mass is 10.2. The molecule has 18 heavy (non-hydrogen) atoms. The molecule has 7 nitrogen and oxygen atoms in total. The summed E-state index contributed by atoms with van der Waals surface area (Å²) in [5, 5.41) is 14.6. The summed E-state index contributed by atoms with van der Waals surface area (Å²) in [5.41, 5.74) is 5.46. The average Bonchev–Trinajstić information content (AvgIpc) is 2.77. The standard InChI is InChI=1S/C10H20N6OS/c1-4-7(2)12-9(17)8(3)18-10-13-14-15-16(10)6-5-11/h7-8H,4-6,11H2,1-3H3,(H,12,17). The summed E-state index contributed by atoms with van der Waals surface area (Å²) in [4.78, 5) is 11.9. The normalized spacial score (nSPS) is 14.2. The molecule has 1 aromatic heterocycles. The lowest BCUT2D eigenvalue weighted by Crippen LogP contribution is -2.37. The van der Waals surface area contributed by atoms with Crippen LogP contribution in [0.3, 0.4) is 0 Å². The number of nitrogens with one attached hydrogen (secondary N) is 1. The van der Waals surface area contributed by atoms with E-state index < -0.39 is 0 Å². The Morgan fingerprint density at radius 1 is 1.56 bits per heavy atom. The van der Waals surface area contributed by atoms with Crippen LogP contribution in [0.1, 0.15) is 27.2 Å². The fraction of sp³-hybridized carbons (Fsp3) is 0.800. The molecule has 0 bridgehead atoms. The Labute approximate surface area is 111 Å². The molecule has 2 unspecified atom stereocenters. The minimum absolute atomic E-state index is 0.00310. The van der Waals surface area contributed by atoms with Gasteiger partial charge in [0, 0.05) is 12.6 Å². The molecule has 1 heterocycles. The minimum Gasteiger partial charge on any atom is -0.353 e. The Morgan fingerprint density at radius 2 is 2.28 bits per heavy atom. The number of tetrazole rings is 1. The highest BCUT2D eigenvalue weighted by atomic mass is 32.2. The van der Waals surface area contributed by atoms with Crippen molar-refractivity contribution in [1.82, 2.24) is 25.5 Å². The Bertz CT molecular complexity index is 382. The molecule has 0 saturated heterocycles. The molecule has 0 aliphatic heterocycles. The number of hydrogen-bond acceptors (Lipinski definition) is 6. The lowest BCUT2D eigenvalue weighted by molar-refractivity contribution is -0.120. The van der Waals surface area contributed by atoms with Gasteiger partial charge < -0.3 is 11.1 Å². The van der Waals surface area contributed by atoms with Crippen molar-refractivity contribution < 1.29 is 4.79 Å². The molecule has 0 saturated carbocycles. The molecular formula is C10H20N6OS. The molecule has 1 rings (SSSR count). The average molecular weight is 272 g/mol. The quantitative estimate of drug-likeness (QED) is 0.679. The van der Waals surface area contributed by atoms with E-state index >= 15 is 0 Å². The summed E-state index contributed by atoms with van der Waals surface area (Å²) in [6.45, 7) is 6.86. The number of carbonyl (C=O) groups is 1. The van der Waals surface area contributed by atoms with Gasteiger partial charge in [0.2, 0.25) is 11.1 Å². The van der Waals surface area contributed by atoms with Gasteiger partial charge in [-0.25, -0.2) is 4.68 Å².